The monoisotopic (exact) mass is 319 g/mol. The third kappa shape index (κ3) is 3.67. The number of hydrogen-bond acceptors (Lipinski definition) is 2. The van der Waals surface area contributed by atoms with Crippen molar-refractivity contribution in [3.8, 4) is 0 Å². The quantitative estimate of drug-likeness (QED) is 0.877. The Morgan fingerprint density at radius 3 is 2.14 bits per heavy atom. The summed E-state index contributed by atoms with van der Waals surface area (Å²) in [6, 6.07) is 5.71. The number of aliphatic hydroxyl groups is 1. The average Bonchev–Trinajstić information content (AvgIpc) is 2.37. The van der Waals surface area contributed by atoms with E-state index in [2.05, 4.69) is 4.72 Å². The Kier molecular flexibility index (Phi) is 5.29. The van der Waals surface area contributed by atoms with Crippen molar-refractivity contribution < 1.29 is 18.1 Å². The van der Waals surface area contributed by atoms with Crippen molar-refractivity contribution in [2.24, 2.45) is 0 Å². The molecule has 1 unspecified atom stereocenters. The maximum atomic E-state index is 14.9. The summed E-state index contributed by atoms with van der Waals surface area (Å²) in [6.45, 7) is 6.93. The maximum Gasteiger partial charge on any atom is 0.153 e. The van der Waals surface area contributed by atoms with E-state index < -0.39 is 39.4 Å². The Balaban J connectivity index is 3.39. The molecule has 1 rings (SSSR count). The predicted molar refractivity (Wildman–Crippen MR) is 81.4 cm³/mol. The Morgan fingerprint density at radius 1 is 1.19 bits per heavy atom. The second-order valence-corrected chi connectivity index (χ2v) is 8.41. The molecule has 2 N–H and O–H groups in total. The fraction of sp³-hybridized carbons (Fsp3) is 0.600. The molecular formula is C15H23F2NO2S. The first kappa shape index (κ1) is 18.2. The molecule has 0 aliphatic carbocycles. The van der Waals surface area contributed by atoms with Gasteiger partial charge in [0.2, 0.25) is 0 Å². The molecule has 3 atom stereocenters. The molecule has 0 amide bonds. The standard InChI is InChI=1S/C15H23F2NO2S/c1-13(2,3)21(20)18-15(5,14(4,17)10-19)11-8-6-7-9-12(11)16/h6-9,18-19H,10H2,1-5H3/t14-,15+,21?/m0/s1. The van der Waals surface area contributed by atoms with Gasteiger partial charge in [0.1, 0.15) is 5.82 Å². The number of hydrogen-bond donors (Lipinski definition) is 2. The van der Waals surface area contributed by atoms with Crippen molar-refractivity contribution in [1.29, 1.82) is 0 Å². The van der Waals surface area contributed by atoms with Crippen molar-refractivity contribution in [2.45, 2.75) is 50.6 Å². The summed E-state index contributed by atoms with van der Waals surface area (Å²) >= 11 is 0. The van der Waals surface area contributed by atoms with Gasteiger partial charge in [-0.3, -0.25) is 0 Å². The smallest absolute Gasteiger partial charge is 0.153 e. The van der Waals surface area contributed by atoms with Gasteiger partial charge >= 0.3 is 0 Å². The van der Waals surface area contributed by atoms with Gasteiger partial charge in [0, 0.05) is 5.56 Å². The molecular weight excluding hydrogens is 296 g/mol. The first-order valence-electron chi connectivity index (χ1n) is 6.70. The van der Waals surface area contributed by atoms with Gasteiger partial charge in [-0.2, -0.15) is 0 Å². The molecule has 1 aromatic rings. The molecule has 0 saturated heterocycles. The zero-order valence-electron chi connectivity index (χ0n) is 13.0. The van der Waals surface area contributed by atoms with Crippen LogP contribution in [0.3, 0.4) is 0 Å². The first-order chi connectivity index (χ1) is 9.45. The molecule has 21 heavy (non-hydrogen) atoms. The summed E-state index contributed by atoms with van der Waals surface area (Å²) in [7, 11) is -1.63. The molecule has 0 spiro atoms. The second kappa shape index (κ2) is 6.10. The van der Waals surface area contributed by atoms with E-state index in [9.17, 15) is 18.1 Å². The minimum absolute atomic E-state index is 0.0293. The molecule has 0 heterocycles. The Labute approximate surface area is 127 Å². The lowest BCUT2D eigenvalue weighted by Gasteiger charge is -2.42. The van der Waals surface area contributed by atoms with Crippen LogP contribution in [0.25, 0.3) is 0 Å². The van der Waals surface area contributed by atoms with Crippen LogP contribution in [0.4, 0.5) is 8.78 Å². The number of alkyl halides is 1. The van der Waals surface area contributed by atoms with Gasteiger partial charge in [0.15, 0.2) is 5.67 Å². The number of benzene rings is 1. The zero-order valence-corrected chi connectivity index (χ0v) is 13.9. The average molecular weight is 319 g/mol. The molecule has 3 nitrogen and oxygen atoms in total. The molecule has 6 heteroatoms. The van der Waals surface area contributed by atoms with Crippen molar-refractivity contribution in [1.82, 2.24) is 4.72 Å². The molecule has 0 aliphatic rings. The lowest BCUT2D eigenvalue weighted by molar-refractivity contribution is 0.00988. The van der Waals surface area contributed by atoms with Gasteiger partial charge in [-0.1, -0.05) is 18.2 Å². The fourth-order valence-corrected chi connectivity index (χ4v) is 2.81. The van der Waals surface area contributed by atoms with Crippen LogP contribution in [-0.4, -0.2) is 26.3 Å². The third-order valence-electron chi connectivity index (χ3n) is 3.61. The molecule has 0 fully saturated rings. The topological polar surface area (TPSA) is 49.3 Å². The normalized spacial score (nSPS) is 19.6. The summed E-state index contributed by atoms with van der Waals surface area (Å²) in [5.74, 6) is -0.615. The van der Waals surface area contributed by atoms with Crippen LogP contribution < -0.4 is 4.72 Å². The van der Waals surface area contributed by atoms with Gasteiger partial charge < -0.3 is 5.11 Å². The maximum absolute atomic E-state index is 14.9. The van der Waals surface area contributed by atoms with E-state index in [0.29, 0.717) is 0 Å². The molecule has 1 aromatic carbocycles. The highest BCUT2D eigenvalue weighted by atomic mass is 32.2. The van der Waals surface area contributed by atoms with Gasteiger partial charge in [0.05, 0.1) is 27.9 Å². The summed E-state index contributed by atoms with van der Waals surface area (Å²) in [5, 5.41) is 9.36. The van der Waals surface area contributed by atoms with Crippen molar-refractivity contribution >= 4 is 11.0 Å². The molecule has 0 bridgehead atoms. The van der Waals surface area contributed by atoms with Crippen LogP contribution in [-0.2, 0) is 16.5 Å². The van der Waals surface area contributed by atoms with Crippen LogP contribution in [0.5, 0.6) is 0 Å². The number of halogens is 2. The highest BCUT2D eigenvalue weighted by molar-refractivity contribution is 7.84. The van der Waals surface area contributed by atoms with Crippen LogP contribution in [0, 0.1) is 5.82 Å². The van der Waals surface area contributed by atoms with Crippen molar-refractivity contribution in [3.05, 3.63) is 35.6 Å². The Hall–Kier alpha value is -0.850. The van der Waals surface area contributed by atoms with Crippen molar-refractivity contribution in [2.75, 3.05) is 6.61 Å². The second-order valence-electron chi connectivity index (χ2n) is 6.44. The van der Waals surface area contributed by atoms with Crippen LogP contribution in [0.15, 0.2) is 24.3 Å². The number of rotatable bonds is 5. The van der Waals surface area contributed by atoms with E-state index in [1.54, 1.807) is 26.8 Å². The molecule has 0 saturated carbocycles. The van der Waals surface area contributed by atoms with Crippen LogP contribution in [0.2, 0.25) is 0 Å². The van der Waals surface area contributed by atoms with Crippen LogP contribution >= 0.6 is 0 Å². The van der Waals surface area contributed by atoms with Gasteiger partial charge in [-0.15, -0.1) is 0 Å². The summed E-state index contributed by atoms with van der Waals surface area (Å²) < 4.78 is 43.4. The van der Waals surface area contributed by atoms with Gasteiger partial charge in [-0.25, -0.2) is 17.7 Å². The predicted octanol–water partition coefficient (Wildman–Crippen LogP) is 2.81. The number of nitrogens with one attached hydrogen (secondary N) is 1. The van der Waals surface area contributed by atoms with E-state index in [0.717, 1.165) is 6.92 Å². The lowest BCUT2D eigenvalue weighted by atomic mass is 9.79. The summed E-state index contributed by atoms with van der Waals surface area (Å²) in [6.07, 6.45) is 0. The zero-order chi connectivity index (χ0) is 16.5. The third-order valence-corrected chi connectivity index (χ3v) is 5.31. The molecule has 0 aromatic heterocycles. The van der Waals surface area contributed by atoms with E-state index >= 15 is 0 Å². The minimum atomic E-state index is -2.20. The Morgan fingerprint density at radius 2 is 1.71 bits per heavy atom. The molecule has 120 valence electrons. The molecule has 0 aliphatic heterocycles. The first-order valence-corrected chi connectivity index (χ1v) is 7.85. The van der Waals surface area contributed by atoms with E-state index in [4.69, 9.17) is 0 Å². The number of aliphatic hydroxyl groups excluding tert-OH is 1. The highest BCUT2D eigenvalue weighted by Crippen LogP contribution is 2.38. The summed E-state index contributed by atoms with van der Waals surface area (Å²) in [5.41, 5.74) is -3.80. The Bertz CT molecular complexity index is 529. The van der Waals surface area contributed by atoms with E-state index in [1.807, 2.05) is 0 Å². The fourth-order valence-electron chi connectivity index (χ4n) is 1.81. The molecule has 0 radical (unpaired) electrons. The van der Waals surface area contributed by atoms with Crippen molar-refractivity contribution in [3.63, 3.8) is 0 Å². The van der Waals surface area contributed by atoms with Crippen LogP contribution in [0.1, 0.15) is 40.2 Å². The van der Waals surface area contributed by atoms with Gasteiger partial charge in [0.25, 0.3) is 0 Å². The summed E-state index contributed by atoms with van der Waals surface area (Å²) in [4.78, 5) is 0. The largest absolute Gasteiger partial charge is 0.393 e. The van der Waals surface area contributed by atoms with E-state index in [-0.39, 0.29) is 5.56 Å². The SMILES string of the molecule is CC(C)(C)S(=O)N[C@](C)(c1ccccc1F)[C@@](C)(F)CO. The van der Waals surface area contributed by atoms with E-state index in [1.165, 1.54) is 25.1 Å². The lowest BCUT2D eigenvalue weighted by Crippen LogP contribution is -2.59. The van der Waals surface area contributed by atoms with Gasteiger partial charge in [-0.05, 0) is 40.7 Å². The highest BCUT2D eigenvalue weighted by Gasteiger charge is 2.49. The minimum Gasteiger partial charge on any atom is -0.393 e.